The fourth-order valence-electron chi connectivity index (χ4n) is 4.09. The van der Waals surface area contributed by atoms with Crippen LogP contribution >= 0.6 is 11.6 Å². The van der Waals surface area contributed by atoms with Gasteiger partial charge < -0.3 is 24.6 Å². The van der Waals surface area contributed by atoms with E-state index < -0.39 is 5.97 Å². The lowest BCUT2D eigenvalue weighted by Gasteiger charge is -2.33. The van der Waals surface area contributed by atoms with E-state index in [1.165, 1.54) is 11.6 Å². The van der Waals surface area contributed by atoms with E-state index in [1.807, 2.05) is 28.0 Å². The summed E-state index contributed by atoms with van der Waals surface area (Å²) in [6.07, 6.45) is 2.03. The number of carbonyl (C=O) groups excluding carboxylic acids is 1. The van der Waals surface area contributed by atoms with Crippen LogP contribution in [-0.2, 0) is 23.1 Å². The van der Waals surface area contributed by atoms with Gasteiger partial charge in [0.15, 0.2) is 12.4 Å². The van der Waals surface area contributed by atoms with Crippen molar-refractivity contribution in [3.63, 3.8) is 0 Å². The number of aryl methyl sites for hydroxylation is 1. The van der Waals surface area contributed by atoms with E-state index >= 15 is 0 Å². The molecule has 190 valence electrons. The number of likely N-dealkylation sites (N-methyl/N-ethyl adjacent to an activating group) is 1. The van der Waals surface area contributed by atoms with Crippen LogP contribution in [0.15, 0.2) is 35.3 Å². The molecular weight excluding hydrogens is 488 g/mol. The smallest absolute Gasteiger partial charge is 0.317 e. The number of hydrogen-bond donors (Lipinski definition) is 2. The maximum absolute atomic E-state index is 12.6. The Morgan fingerprint density at radius 3 is 2.64 bits per heavy atom. The van der Waals surface area contributed by atoms with Crippen molar-refractivity contribution in [3.05, 3.63) is 57.1 Å². The number of nitrogens with zero attached hydrogens (tertiary/aromatic N) is 5. The van der Waals surface area contributed by atoms with E-state index in [0.717, 1.165) is 16.5 Å². The van der Waals surface area contributed by atoms with Crippen molar-refractivity contribution in [2.24, 2.45) is 7.05 Å². The molecule has 2 aromatic heterocycles. The fourth-order valence-corrected chi connectivity index (χ4v) is 4.25. The summed E-state index contributed by atoms with van der Waals surface area (Å²) >= 11 is 6.42. The second kappa shape index (κ2) is 10.9. The summed E-state index contributed by atoms with van der Waals surface area (Å²) in [5, 5.41) is 12.7. The highest BCUT2D eigenvalue weighted by Crippen LogP contribution is 2.24. The number of piperazine rings is 1. The molecule has 0 aliphatic carbocycles. The molecule has 1 saturated heterocycles. The predicted octanol–water partition coefficient (Wildman–Crippen LogP) is 0.904. The Morgan fingerprint density at radius 1 is 1.19 bits per heavy atom. The molecule has 4 rings (SSSR count). The average molecular weight is 515 g/mol. The molecular formula is C24H27ClN6O5. The number of halogens is 1. The molecule has 1 fully saturated rings. The lowest BCUT2D eigenvalue weighted by atomic mass is 10.1. The van der Waals surface area contributed by atoms with Gasteiger partial charge >= 0.3 is 5.97 Å². The van der Waals surface area contributed by atoms with Gasteiger partial charge in [0.05, 0.1) is 29.0 Å². The number of carboxylic acids is 1. The number of amides is 1. The van der Waals surface area contributed by atoms with Gasteiger partial charge in [0.2, 0.25) is 5.95 Å². The SMILES string of the molecule is CNC(=O)COc1cc2cc(Cc3nc(N4CCN(CC(=O)O)CC4)ncc3Cl)ccc2n(C)c1=O. The Balaban J connectivity index is 1.54. The van der Waals surface area contributed by atoms with Crippen LogP contribution in [0.5, 0.6) is 5.75 Å². The molecule has 36 heavy (non-hydrogen) atoms. The van der Waals surface area contributed by atoms with Crippen molar-refractivity contribution in [2.45, 2.75) is 6.42 Å². The minimum Gasteiger partial charge on any atom is -0.480 e. The summed E-state index contributed by atoms with van der Waals surface area (Å²) in [7, 11) is 3.15. The Hall–Kier alpha value is -3.70. The number of aliphatic carboxylic acids is 1. The highest BCUT2D eigenvalue weighted by Gasteiger charge is 2.21. The molecule has 0 bridgehead atoms. The molecule has 2 N–H and O–H groups in total. The van der Waals surface area contributed by atoms with Crippen LogP contribution in [0.2, 0.25) is 5.02 Å². The van der Waals surface area contributed by atoms with Gasteiger partial charge in [0.1, 0.15) is 0 Å². The number of rotatable bonds is 8. The van der Waals surface area contributed by atoms with Gasteiger partial charge in [-0.2, -0.15) is 0 Å². The molecule has 1 aliphatic rings. The number of aromatic nitrogens is 3. The van der Waals surface area contributed by atoms with Crippen LogP contribution in [0, 0.1) is 0 Å². The zero-order valence-electron chi connectivity index (χ0n) is 20.0. The number of carboxylic acid groups (broad SMARTS) is 1. The first-order chi connectivity index (χ1) is 17.2. The maximum atomic E-state index is 12.6. The van der Waals surface area contributed by atoms with Crippen LogP contribution in [0.4, 0.5) is 5.95 Å². The molecule has 0 radical (unpaired) electrons. The van der Waals surface area contributed by atoms with Gasteiger partial charge in [-0.05, 0) is 23.8 Å². The molecule has 0 saturated carbocycles. The van der Waals surface area contributed by atoms with Gasteiger partial charge in [-0.1, -0.05) is 17.7 Å². The molecule has 0 spiro atoms. The van der Waals surface area contributed by atoms with E-state index in [2.05, 4.69) is 15.3 Å². The summed E-state index contributed by atoms with van der Waals surface area (Å²) in [4.78, 5) is 48.0. The molecule has 1 aromatic carbocycles. The second-order valence-electron chi connectivity index (χ2n) is 8.53. The van der Waals surface area contributed by atoms with Crippen molar-refractivity contribution in [3.8, 4) is 5.75 Å². The van der Waals surface area contributed by atoms with Gasteiger partial charge in [-0.25, -0.2) is 9.97 Å². The van der Waals surface area contributed by atoms with Crippen molar-refractivity contribution < 1.29 is 19.4 Å². The predicted molar refractivity (Wildman–Crippen MR) is 135 cm³/mol. The highest BCUT2D eigenvalue weighted by atomic mass is 35.5. The van der Waals surface area contributed by atoms with Crippen LogP contribution in [-0.4, -0.2) is 82.8 Å². The summed E-state index contributed by atoms with van der Waals surface area (Å²) in [6.45, 7) is 2.24. The van der Waals surface area contributed by atoms with Crippen molar-refractivity contribution in [1.29, 1.82) is 0 Å². The number of carbonyl (C=O) groups is 2. The van der Waals surface area contributed by atoms with Crippen molar-refractivity contribution >= 4 is 40.3 Å². The average Bonchev–Trinajstić information content (AvgIpc) is 2.86. The minimum absolute atomic E-state index is 0.0205. The summed E-state index contributed by atoms with van der Waals surface area (Å²) in [5.74, 6) is -0.523. The Labute approximate surface area is 212 Å². The van der Waals surface area contributed by atoms with Crippen molar-refractivity contribution in [2.75, 3.05) is 51.3 Å². The molecule has 1 amide bonds. The monoisotopic (exact) mass is 514 g/mol. The lowest BCUT2D eigenvalue weighted by Crippen LogP contribution is -2.48. The molecule has 1 aliphatic heterocycles. The van der Waals surface area contributed by atoms with Crippen LogP contribution in [0.3, 0.4) is 0 Å². The maximum Gasteiger partial charge on any atom is 0.317 e. The minimum atomic E-state index is -0.839. The van der Waals surface area contributed by atoms with Gasteiger partial charge in [-0.3, -0.25) is 19.3 Å². The van der Waals surface area contributed by atoms with Crippen LogP contribution in [0.1, 0.15) is 11.3 Å². The quantitative estimate of drug-likeness (QED) is 0.450. The number of benzene rings is 1. The fraction of sp³-hybridized carbons (Fsp3) is 0.375. The van der Waals surface area contributed by atoms with Gasteiger partial charge in [-0.15, -0.1) is 0 Å². The highest BCUT2D eigenvalue weighted by molar-refractivity contribution is 6.31. The first-order valence-corrected chi connectivity index (χ1v) is 11.8. The summed E-state index contributed by atoms with van der Waals surface area (Å²) < 4.78 is 6.92. The standard InChI is InChI=1S/C24H27ClN6O5/c1-26-21(32)14-36-20-11-16-9-15(3-4-19(16)29(2)23(20)35)10-18-17(25)12-27-24(28-18)31-7-5-30(6-8-31)13-22(33)34/h3-4,9,11-12H,5-8,10,13-14H2,1-2H3,(H,26,32)(H,33,34). The molecule has 0 unspecified atom stereocenters. The summed E-state index contributed by atoms with van der Waals surface area (Å²) in [5.41, 5.74) is 1.99. The number of anilines is 1. The Kier molecular flexibility index (Phi) is 7.70. The normalized spacial score (nSPS) is 14.1. The van der Waals surface area contributed by atoms with Crippen LogP contribution < -0.4 is 20.5 Å². The Bertz CT molecular complexity index is 1350. The number of fused-ring (bicyclic) bond motifs is 1. The third kappa shape index (κ3) is 5.74. The third-order valence-corrected chi connectivity index (χ3v) is 6.40. The third-order valence-electron chi connectivity index (χ3n) is 6.08. The van der Waals surface area contributed by atoms with Gasteiger partial charge in [0.25, 0.3) is 11.5 Å². The first kappa shape index (κ1) is 25.4. The van der Waals surface area contributed by atoms with E-state index in [0.29, 0.717) is 49.3 Å². The van der Waals surface area contributed by atoms with Crippen molar-refractivity contribution in [1.82, 2.24) is 24.8 Å². The Morgan fingerprint density at radius 2 is 1.94 bits per heavy atom. The second-order valence-corrected chi connectivity index (χ2v) is 8.93. The zero-order valence-corrected chi connectivity index (χ0v) is 20.8. The van der Waals surface area contributed by atoms with Crippen LogP contribution in [0.25, 0.3) is 10.9 Å². The number of hydrogen-bond acceptors (Lipinski definition) is 8. The van der Waals surface area contributed by atoms with E-state index in [4.69, 9.17) is 21.4 Å². The molecule has 0 atom stereocenters. The summed E-state index contributed by atoms with van der Waals surface area (Å²) in [6, 6.07) is 7.33. The molecule has 3 aromatic rings. The van der Waals surface area contributed by atoms with E-state index in [1.54, 1.807) is 19.3 Å². The number of ether oxygens (including phenoxy) is 1. The largest absolute Gasteiger partial charge is 0.480 e. The number of pyridine rings is 1. The number of nitrogens with one attached hydrogen (secondary N) is 1. The van der Waals surface area contributed by atoms with Gasteiger partial charge in [0, 0.05) is 52.1 Å². The molecule has 11 nitrogen and oxygen atoms in total. The van der Waals surface area contributed by atoms with E-state index in [-0.39, 0.29) is 30.4 Å². The first-order valence-electron chi connectivity index (χ1n) is 11.4. The lowest BCUT2D eigenvalue weighted by molar-refractivity contribution is -0.138. The van der Waals surface area contributed by atoms with E-state index in [9.17, 15) is 14.4 Å². The topological polar surface area (TPSA) is 130 Å². The molecule has 3 heterocycles. The molecule has 12 heteroatoms. The zero-order chi connectivity index (χ0) is 25.8.